The van der Waals surface area contributed by atoms with Crippen molar-refractivity contribution in [3.63, 3.8) is 0 Å². The minimum Gasteiger partial charge on any atom is -0.398 e. The highest BCUT2D eigenvalue weighted by atomic mass is 35.5. The molecule has 9 nitrogen and oxygen atoms in total. The topological polar surface area (TPSA) is 109 Å². The molecule has 0 fully saturated rings. The molecular weight excluding hydrogens is 720 g/mol. The summed E-state index contributed by atoms with van der Waals surface area (Å²) < 4.78 is 35.1. The first-order valence-corrected chi connectivity index (χ1v) is 16.8. The van der Waals surface area contributed by atoms with Crippen molar-refractivity contribution in [2.24, 2.45) is 5.41 Å². The van der Waals surface area contributed by atoms with E-state index in [1.807, 2.05) is 0 Å². The zero-order chi connectivity index (χ0) is 34.4. The first-order valence-electron chi connectivity index (χ1n) is 14.8. The Morgan fingerprint density at radius 3 is 1.64 bits per heavy atom. The molecule has 2 aromatic carbocycles. The van der Waals surface area contributed by atoms with E-state index in [1.165, 1.54) is 16.8 Å². The number of nitrogen functional groups attached to an aromatic ring is 1. The lowest BCUT2D eigenvalue weighted by atomic mass is 9.95. The molecule has 0 atom stereocenters. The zero-order valence-corrected chi connectivity index (χ0v) is 29.2. The summed E-state index contributed by atoms with van der Waals surface area (Å²) in [6.45, 7) is 5.72. The van der Waals surface area contributed by atoms with Crippen LogP contribution in [0.3, 0.4) is 0 Å². The van der Waals surface area contributed by atoms with Crippen molar-refractivity contribution < 1.29 is 13.6 Å². The van der Waals surface area contributed by atoms with Crippen LogP contribution in [0.5, 0.6) is 0 Å². The van der Waals surface area contributed by atoms with E-state index in [0.29, 0.717) is 26.2 Å². The predicted octanol–water partition coefficient (Wildman–Crippen LogP) is 7.90. The molecule has 2 aromatic heterocycles. The normalized spacial score (nSPS) is 14.2. The van der Waals surface area contributed by atoms with Gasteiger partial charge in [0.1, 0.15) is 21.9 Å². The van der Waals surface area contributed by atoms with Gasteiger partial charge < -0.3 is 11.1 Å². The number of alkyl halides is 1. The van der Waals surface area contributed by atoms with E-state index in [4.69, 9.17) is 63.7 Å². The first-order chi connectivity index (χ1) is 22.2. The minimum absolute atomic E-state index is 0.00257. The number of nitrogens with two attached hydrogens (primary N) is 1. The average molecular weight is 751 g/mol. The van der Waals surface area contributed by atoms with E-state index in [-0.39, 0.29) is 76.9 Å². The number of hydrogen-bond acceptors (Lipinski definition) is 4. The van der Waals surface area contributed by atoms with Crippen molar-refractivity contribution in [3.05, 3.63) is 77.0 Å². The molecule has 0 saturated heterocycles. The monoisotopic (exact) mass is 748 g/mol. The lowest BCUT2D eigenvalue weighted by Gasteiger charge is -2.21. The molecule has 0 unspecified atom stereocenters. The van der Waals surface area contributed by atoms with Crippen molar-refractivity contribution in [1.29, 1.82) is 0 Å². The van der Waals surface area contributed by atoms with E-state index in [9.17, 15) is 23.2 Å². The van der Waals surface area contributed by atoms with Crippen LogP contribution >= 0.6 is 58.0 Å². The Kier molecular flexibility index (Phi) is 10.4. The molecule has 1 amide bonds. The van der Waals surface area contributed by atoms with Gasteiger partial charge in [0, 0.05) is 43.2 Å². The van der Waals surface area contributed by atoms with Crippen LogP contribution < -0.4 is 22.2 Å². The van der Waals surface area contributed by atoms with E-state index >= 15 is 0 Å². The maximum atomic E-state index is 14.6. The maximum Gasteiger partial charge on any atom is 0.276 e. The molecule has 0 aliphatic carbocycles. The summed E-state index contributed by atoms with van der Waals surface area (Å²) in [7, 11) is 0. The summed E-state index contributed by atoms with van der Waals surface area (Å²) in [5, 5.41) is 3.22. The fourth-order valence-electron chi connectivity index (χ4n) is 5.45. The number of anilines is 2. The van der Waals surface area contributed by atoms with E-state index in [1.54, 1.807) is 27.9 Å². The molecule has 47 heavy (non-hydrogen) atoms. The lowest BCUT2D eigenvalue weighted by Crippen LogP contribution is -2.32. The molecule has 16 heteroatoms. The number of amides is 1. The number of nitrogens with zero attached hydrogens (tertiary/aromatic N) is 4. The van der Waals surface area contributed by atoms with Crippen LogP contribution in [-0.4, -0.2) is 30.5 Å². The second-order valence-electron chi connectivity index (χ2n) is 12.0. The Hall–Kier alpha value is -2.96. The van der Waals surface area contributed by atoms with Gasteiger partial charge in [0.2, 0.25) is 5.91 Å². The Morgan fingerprint density at radius 1 is 0.766 bits per heavy atom. The highest BCUT2D eigenvalue weighted by Crippen LogP contribution is 2.36. The van der Waals surface area contributed by atoms with E-state index < -0.39 is 17.0 Å². The maximum absolute atomic E-state index is 14.6. The lowest BCUT2D eigenvalue weighted by molar-refractivity contribution is -0.122. The molecule has 0 saturated carbocycles. The van der Waals surface area contributed by atoms with Gasteiger partial charge in [-0.1, -0.05) is 46.4 Å². The molecule has 0 spiro atoms. The SMILES string of the molecule is CC(C)(CCl)C(=O)Nc1cc(-c2c(Cl)n3n(c2=O)CCCC3)c(F)cc1Cl.Nc1cc(-c2c(Cl)n3n(c2=O)CCCC3)c(F)cc1Cl. The Bertz CT molecular complexity index is 2000. The van der Waals surface area contributed by atoms with Crippen LogP contribution in [0, 0.1) is 17.0 Å². The third-order valence-electron chi connectivity index (χ3n) is 8.20. The van der Waals surface area contributed by atoms with Gasteiger partial charge in [-0.15, -0.1) is 11.6 Å². The molecule has 252 valence electrons. The zero-order valence-electron chi connectivity index (χ0n) is 25.4. The highest BCUT2D eigenvalue weighted by molar-refractivity contribution is 6.35. The quantitative estimate of drug-likeness (QED) is 0.160. The number of benzene rings is 2. The summed E-state index contributed by atoms with van der Waals surface area (Å²) in [6.07, 6.45) is 3.60. The largest absolute Gasteiger partial charge is 0.398 e. The summed E-state index contributed by atoms with van der Waals surface area (Å²) in [4.78, 5) is 37.6. The van der Waals surface area contributed by atoms with E-state index in [0.717, 1.165) is 37.8 Å². The number of nitrogens with one attached hydrogen (secondary N) is 1. The fraction of sp³-hybridized carbons (Fsp3) is 0.387. The number of carbonyl (C=O) groups excluding carboxylic acids is 1. The molecule has 2 aliphatic rings. The molecule has 2 aliphatic heterocycles. The van der Waals surface area contributed by atoms with Gasteiger partial charge in [0.15, 0.2) is 0 Å². The molecular formula is C31H31Cl5F2N6O3. The average Bonchev–Trinajstić information content (AvgIpc) is 3.45. The van der Waals surface area contributed by atoms with Crippen molar-refractivity contribution in [2.75, 3.05) is 16.9 Å². The second kappa shape index (κ2) is 13.9. The number of hydrogen-bond donors (Lipinski definition) is 2. The van der Waals surface area contributed by atoms with Crippen LogP contribution in [0.15, 0.2) is 33.9 Å². The number of halogens is 7. The molecule has 3 N–H and O–H groups in total. The van der Waals surface area contributed by atoms with Gasteiger partial charge in [-0.2, -0.15) is 0 Å². The molecule has 6 rings (SSSR count). The standard InChI is InChI=1S/C18H19Cl3FN3O2.C13H12Cl2FN3O/c1-18(2,9-19)17(27)23-13-7-10(12(22)8-11(13)20)14-15(21)24-5-3-4-6-25(24)16(14)26;14-8-6-9(16)7(5-10(8)17)11-12(15)18-3-1-2-4-19(18)13(11)20/h7-8H,3-6,9H2,1-2H3,(H,23,27);5-6H,1-4,17H2. The van der Waals surface area contributed by atoms with Gasteiger partial charge in [0.05, 0.1) is 38.0 Å². The molecule has 4 aromatic rings. The number of rotatable bonds is 5. The highest BCUT2D eigenvalue weighted by Gasteiger charge is 2.29. The van der Waals surface area contributed by atoms with Crippen LogP contribution in [0.25, 0.3) is 22.3 Å². The number of aromatic nitrogens is 4. The van der Waals surface area contributed by atoms with Gasteiger partial charge in [0.25, 0.3) is 11.1 Å². The second-order valence-corrected chi connectivity index (χ2v) is 13.8. The van der Waals surface area contributed by atoms with Crippen LogP contribution in [-0.2, 0) is 31.0 Å². The van der Waals surface area contributed by atoms with Crippen LogP contribution in [0.2, 0.25) is 20.4 Å². The Labute approximate surface area is 293 Å². The van der Waals surface area contributed by atoms with Gasteiger partial charge in [-0.25, -0.2) is 18.1 Å². The summed E-state index contributed by atoms with van der Waals surface area (Å²) >= 11 is 30.3. The Morgan fingerprint density at radius 2 is 1.19 bits per heavy atom. The summed E-state index contributed by atoms with van der Waals surface area (Å²) in [5.74, 6) is -1.55. The third-order valence-corrected chi connectivity index (χ3v) is 10.3. The predicted molar refractivity (Wildman–Crippen MR) is 184 cm³/mol. The fourth-order valence-corrected chi connectivity index (χ4v) is 6.64. The number of carbonyl (C=O) groups is 1. The first kappa shape index (κ1) is 35.3. The molecule has 0 radical (unpaired) electrons. The third kappa shape index (κ3) is 6.70. The summed E-state index contributed by atoms with van der Waals surface area (Å²) in [5.41, 5.74) is 4.92. The van der Waals surface area contributed by atoms with Gasteiger partial charge >= 0.3 is 0 Å². The molecule has 4 heterocycles. The molecule has 0 bridgehead atoms. The van der Waals surface area contributed by atoms with E-state index in [2.05, 4.69) is 5.32 Å². The van der Waals surface area contributed by atoms with Crippen LogP contribution in [0.1, 0.15) is 39.5 Å². The van der Waals surface area contributed by atoms with Gasteiger partial charge in [-0.05, 0) is 63.8 Å². The van der Waals surface area contributed by atoms with Crippen molar-refractivity contribution in [1.82, 2.24) is 18.7 Å². The summed E-state index contributed by atoms with van der Waals surface area (Å²) in [6, 6.07) is 4.86. The van der Waals surface area contributed by atoms with Crippen molar-refractivity contribution >= 4 is 75.3 Å². The number of fused-ring (bicyclic) bond motifs is 2. The smallest absolute Gasteiger partial charge is 0.276 e. The van der Waals surface area contributed by atoms with Crippen molar-refractivity contribution in [3.8, 4) is 22.3 Å². The van der Waals surface area contributed by atoms with Crippen LogP contribution in [0.4, 0.5) is 20.2 Å². The van der Waals surface area contributed by atoms with Crippen molar-refractivity contribution in [2.45, 2.75) is 65.7 Å². The minimum atomic E-state index is -0.841. The Balaban J connectivity index is 0.000000193. The van der Waals surface area contributed by atoms with Gasteiger partial charge in [-0.3, -0.25) is 23.7 Å².